The van der Waals surface area contributed by atoms with Gasteiger partial charge in [0.25, 0.3) is 0 Å². The highest BCUT2D eigenvalue weighted by Gasteiger charge is 2.77. The molecule has 1 spiro atoms. The van der Waals surface area contributed by atoms with Crippen molar-refractivity contribution in [1.29, 1.82) is 0 Å². The van der Waals surface area contributed by atoms with Crippen LogP contribution >= 0.6 is 0 Å². The molecule has 3 fully saturated rings. The van der Waals surface area contributed by atoms with Crippen LogP contribution in [0.25, 0.3) is 0 Å². The van der Waals surface area contributed by atoms with Gasteiger partial charge in [-0.15, -0.1) is 0 Å². The van der Waals surface area contributed by atoms with E-state index in [1.54, 1.807) is 6.07 Å². The molecule has 1 aromatic carbocycles. The molecule has 0 saturated heterocycles. The second-order valence-electron chi connectivity index (χ2n) is 9.42. The molecular formula is C21H26NO4+. The molecule has 0 aromatic heterocycles. The van der Waals surface area contributed by atoms with E-state index in [1.807, 2.05) is 6.07 Å². The lowest BCUT2D eigenvalue weighted by Crippen LogP contribution is -3.14. The summed E-state index contributed by atoms with van der Waals surface area (Å²) in [4.78, 5) is 14.3. The lowest BCUT2D eigenvalue weighted by molar-refractivity contribution is -0.911. The molecule has 6 unspecified atom stereocenters. The quantitative estimate of drug-likeness (QED) is 0.731. The van der Waals surface area contributed by atoms with Gasteiger partial charge in [0.15, 0.2) is 23.4 Å². The summed E-state index contributed by atoms with van der Waals surface area (Å²) in [7, 11) is 2.26. The zero-order valence-electron chi connectivity index (χ0n) is 15.1. The number of Topliss-reactive ketones (excluding diaryl/α,β-unsaturated/α-hetero) is 1. The minimum absolute atomic E-state index is 0.0809. The Balaban J connectivity index is 1.55. The number of carbonyl (C=O) groups excluding carboxylic acids is 1. The van der Waals surface area contributed by atoms with E-state index >= 15 is 0 Å². The van der Waals surface area contributed by atoms with E-state index < -0.39 is 17.1 Å². The molecule has 3 N–H and O–H groups in total. The van der Waals surface area contributed by atoms with Crippen molar-refractivity contribution in [1.82, 2.24) is 0 Å². The molecule has 5 nitrogen and oxygen atoms in total. The molecule has 4 aliphatic carbocycles. The lowest BCUT2D eigenvalue weighted by Gasteiger charge is -2.50. The van der Waals surface area contributed by atoms with Crippen molar-refractivity contribution in [2.75, 3.05) is 13.6 Å². The fraction of sp³-hybridized carbons (Fsp3) is 0.667. The third-order valence-electron chi connectivity index (χ3n) is 8.19. The number of phenols is 1. The van der Waals surface area contributed by atoms with Gasteiger partial charge < -0.3 is 19.8 Å². The highest BCUT2D eigenvalue weighted by Crippen LogP contribution is 2.68. The molecule has 0 amide bonds. The van der Waals surface area contributed by atoms with Crippen LogP contribution in [0.4, 0.5) is 0 Å². The topological polar surface area (TPSA) is 71.2 Å². The molecule has 5 aliphatic rings. The summed E-state index contributed by atoms with van der Waals surface area (Å²) in [6.07, 6.45) is 4.52. The summed E-state index contributed by atoms with van der Waals surface area (Å²) >= 11 is 0. The summed E-state index contributed by atoms with van der Waals surface area (Å²) in [6, 6.07) is 4.00. The van der Waals surface area contributed by atoms with E-state index in [0.717, 1.165) is 36.4 Å². The van der Waals surface area contributed by atoms with Gasteiger partial charge in [0.05, 0.1) is 30.7 Å². The Morgan fingerprint density at radius 1 is 1.35 bits per heavy atom. The number of aromatic hydroxyl groups is 1. The minimum Gasteiger partial charge on any atom is -0.504 e. The van der Waals surface area contributed by atoms with Gasteiger partial charge in [-0.3, -0.25) is 4.79 Å². The SMILES string of the molecule is C[NH+](CC1CC1)C1CC23c4c5ccc(O)c4OC2C(=O)CCC3(O)C1C5. The Labute approximate surface area is 152 Å². The number of nitrogens with one attached hydrogen (secondary N) is 1. The van der Waals surface area contributed by atoms with E-state index in [4.69, 9.17) is 4.74 Å². The molecule has 6 atom stereocenters. The zero-order valence-corrected chi connectivity index (χ0v) is 15.1. The normalized spacial score (nSPS) is 43.2. The molecule has 1 heterocycles. The number of hydrogen-bond acceptors (Lipinski definition) is 4. The summed E-state index contributed by atoms with van der Waals surface area (Å²) in [5.74, 6) is 1.62. The van der Waals surface area contributed by atoms with Gasteiger partial charge in [-0.25, -0.2) is 0 Å². The number of benzene rings is 1. The van der Waals surface area contributed by atoms with Gasteiger partial charge in [0, 0.05) is 30.2 Å². The van der Waals surface area contributed by atoms with E-state index in [0.29, 0.717) is 24.6 Å². The molecule has 2 bridgehead atoms. The number of quaternary nitrogens is 1. The summed E-state index contributed by atoms with van der Waals surface area (Å²) in [5.41, 5.74) is 0.541. The standard InChI is InChI=1S/C21H25NO4/c1-22(10-11-2-3-11)14-9-20-17-12-4-5-15(23)18(17)26-19(20)16(24)6-7-21(20,25)13(14)8-12/h4-5,11,13-14,19,23,25H,2-3,6-10H2,1H3/p+1. The zero-order chi connectivity index (χ0) is 17.8. The Kier molecular flexibility index (Phi) is 2.75. The molecule has 3 saturated carbocycles. The van der Waals surface area contributed by atoms with Crippen LogP contribution in [0.2, 0.25) is 0 Å². The summed E-state index contributed by atoms with van der Waals surface area (Å²) in [5, 5.41) is 22.4. The van der Waals surface area contributed by atoms with Crippen LogP contribution in [0, 0.1) is 11.8 Å². The molecule has 1 aliphatic heterocycles. The fourth-order valence-electron chi connectivity index (χ4n) is 6.91. The van der Waals surface area contributed by atoms with Crippen LogP contribution in [0.1, 0.15) is 43.2 Å². The van der Waals surface area contributed by atoms with E-state index in [9.17, 15) is 15.0 Å². The Hall–Kier alpha value is -1.59. The molecule has 1 aromatic rings. The van der Waals surface area contributed by atoms with Gasteiger partial charge >= 0.3 is 0 Å². The molecule has 0 radical (unpaired) electrons. The van der Waals surface area contributed by atoms with Crippen LogP contribution < -0.4 is 9.64 Å². The van der Waals surface area contributed by atoms with Crippen LogP contribution in [-0.2, 0) is 16.6 Å². The van der Waals surface area contributed by atoms with Gasteiger partial charge in [-0.05, 0) is 37.3 Å². The van der Waals surface area contributed by atoms with E-state index in [1.165, 1.54) is 17.7 Å². The maximum absolute atomic E-state index is 12.8. The maximum Gasteiger partial charge on any atom is 0.174 e. The third kappa shape index (κ3) is 1.59. The fourth-order valence-corrected chi connectivity index (χ4v) is 6.91. The monoisotopic (exact) mass is 356 g/mol. The number of hydrogen-bond donors (Lipinski definition) is 3. The molecular weight excluding hydrogens is 330 g/mol. The molecule has 6 rings (SSSR count). The minimum atomic E-state index is -0.896. The van der Waals surface area contributed by atoms with Gasteiger partial charge in [-0.2, -0.15) is 0 Å². The van der Waals surface area contributed by atoms with Crippen molar-refractivity contribution in [2.45, 2.75) is 61.7 Å². The Bertz CT molecular complexity index is 834. The predicted octanol–water partition coefficient (Wildman–Crippen LogP) is 0.354. The number of ether oxygens (including phenoxy) is 1. The first-order valence-corrected chi connectivity index (χ1v) is 10.0. The Morgan fingerprint density at radius 2 is 2.15 bits per heavy atom. The largest absolute Gasteiger partial charge is 0.504 e. The summed E-state index contributed by atoms with van der Waals surface area (Å²) in [6.45, 7) is 1.15. The summed E-state index contributed by atoms with van der Waals surface area (Å²) < 4.78 is 6.08. The van der Waals surface area contributed by atoms with Crippen molar-refractivity contribution in [2.24, 2.45) is 11.8 Å². The Morgan fingerprint density at radius 3 is 2.92 bits per heavy atom. The van der Waals surface area contributed by atoms with Gasteiger partial charge in [0.2, 0.25) is 0 Å². The van der Waals surface area contributed by atoms with Crippen LogP contribution in [-0.4, -0.2) is 47.3 Å². The van der Waals surface area contributed by atoms with Crippen molar-refractivity contribution in [3.05, 3.63) is 23.3 Å². The number of ketones is 1. The number of phenolic OH excluding ortho intramolecular Hbond substituents is 1. The van der Waals surface area contributed by atoms with Crippen molar-refractivity contribution >= 4 is 5.78 Å². The third-order valence-corrected chi connectivity index (χ3v) is 8.19. The highest BCUT2D eigenvalue weighted by molar-refractivity contribution is 5.90. The maximum atomic E-state index is 12.8. The first-order valence-electron chi connectivity index (χ1n) is 10.0. The van der Waals surface area contributed by atoms with E-state index in [-0.39, 0.29) is 17.5 Å². The van der Waals surface area contributed by atoms with Crippen molar-refractivity contribution < 1.29 is 24.6 Å². The smallest absolute Gasteiger partial charge is 0.174 e. The van der Waals surface area contributed by atoms with Gasteiger partial charge in [0.1, 0.15) is 0 Å². The average molecular weight is 356 g/mol. The number of carbonyl (C=O) groups is 1. The second-order valence-corrected chi connectivity index (χ2v) is 9.42. The van der Waals surface area contributed by atoms with Crippen molar-refractivity contribution in [3.63, 3.8) is 0 Å². The van der Waals surface area contributed by atoms with Crippen LogP contribution in [0.5, 0.6) is 11.5 Å². The van der Waals surface area contributed by atoms with Crippen LogP contribution in [0.3, 0.4) is 0 Å². The molecule has 138 valence electrons. The lowest BCUT2D eigenvalue weighted by atomic mass is 9.54. The van der Waals surface area contributed by atoms with Crippen LogP contribution in [0.15, 0.2) is 12.1 Å². The molecule has 26 heavy (non-hydrogen) atoms. The number of aliphatic hydroxyl groups is 1. The second kappa shape index (κ2) is 4.63. The molecule has 5 heteroatoms. The first kappa shape index (κ1) is 15.5. The first-order chi connectivity index (χ1) is 12.5. The average Bonchev–Trinajstić information content (AvgIpc) is 3.32. The van der Waals surface area contributed by atoms with Gasteiger partial charge in [-0.1, -0.05) is 6.07 Å². The number of rotatable bonds is 3. The van der Waals surface area contributed by atoms with E-state index in [2.05, 4.69) is 7.05 Å². The highest BCUT2D eigenvalue weighted by atomic mass is 16.5. The van der Waals surface area contributed by atoms with Crippen molar-refractivity contribution in [3.8, 4) is 11.5 Å². The predicted molar refractivity (Wildman–Crippen MR) is 93.5 cm³/mol.